The Morgan fingerprint density at radius 1 is 1.19 bits per heavy atom. The normalized spacial score (nSPS) is 23.4. The summed E-state index contributed by atoms with van der Waals surface area (Å²) < 4.78 is 16.7. The van der Waals surface area contributed by atoms with Crippen LogP contribution in [0.4, 0.5) is 0 Å². The highest BCUT2D eigenvalue weighted by Gasteiger charge is 2.62. The zero-order valence-electron chi connectivity index (χ0n) is 15.0. The van der Waals surface area contributed by atoms with Crippen molar-refractivity contribution < 1.29 is 19.0 Å². The Labute approximate surface area is 153 Å². The molecule has 5 nitrogen and oxygen atoms in total. The Morgan fingerprint density at radius 3 is 2.69 bits per heavy atom. The fourth-order valence-electron chi connectivity index (χ4n) is 3.74. The third kappa shape index (κ3) is 3.03. The zero-order chi connectivity index (χ0) is 18.1. The van der Waals surface area contributed by atoms with Crippen LogP contribution >= 0.6 is 0 Å². The van der Waals surface area contributed by atoms with Gasteiger partial charge in [-0.1, -0.05) is 30.3 Å². The standard InChI is InChI=1S/C21H23NO4/c1-3-25-14-10-8-13(9-11-14)16(12-24-2)22-21(23)19-18-15-6-4-5-7-17(15)26-20(18)19/h4-11,16,18-20H,3,12H2,1-2H3,(H,22,23)/t16?,18?,19-,20?/m1/s1. The predicted octanol–water partition coefficient (Wildman–Crippen LogP) is 3.06. The van der Waals surface area contributed by atoms with Gasteiger partial charge in [-0.15, -0.1) is 0 Å². The van der Waals surface area contributed by atoms with E-state index in [1.807, 2.05) is 55.5 Å². The van der Waals surface area contributed by atoms with E-state index in [0.29, 0.717) is 13.2 Å². The molecule has 0 saturated heterocycles. The Kier molecular flexibility index (Phi) is 4.55. The molecule has 1 aliphatic heterocycles. The number of methoxy groups -OCH3 is 1. The van der Waals surface area contributed by atoms with E-state index in [9.17, 15) is 4.79 Å². The lowest BCUT2D eigenvalue weighted by molar-refractivity contribution is -0.124. The van der Waals surface area contributed by atoms with Crippen LogP contribution in [0.1, 0.15) is 30.0 Å². The fourth-order valence-corrected chi connectivity index (χ4v) is 3.74. The second-order valence-electron chi connectivity index (χ2n) is 6.69. The van der Waals surface area contributed by atoms with Crippen molar-refractivity contribution in [2.75, 3.05) is 20.3 Å². The number of fused-ring (bicyclic) bond motifs is 3. The van der Waals surface area contributed by atoms with Crippen molar-refractivity contribution in [3.8, 4) is 11.5 Å². The maximum Gasteiger partial charge on any atom is 0.228 e. The lowest BCUT2D eigenvalue weighted by Gasteiger charge is -2.19. The molecule has 4 rings (SSSR count). The summed E-state index contributed by atoms with van der Waals surface area (Å²) in [5.41, 5.74) is 2.14. The highest BCUT2D eigenvalue weighted by molar-refractivity contribution is 5.86. The Morgan fingerprint density at radius 2 is 1.96 bits per heavy atom. The van der Waals surface area contributed by atoms with Crippen LogP contribution in [0.5, 0.6) is 11.5 Å². The van der Waals surface area contributed by atoms with Crippen molar-refractivity contribution in [2.45, 2.75) is 25.0 Å². The first-order chi connectivity index (χ1) is 12.7. The number of para-hydroxylation sites is 1. The Bertz CT molecular complexity index is 789. The summed E-state index contributed by atoms with van der Waals surface area (Å²) in [5, 5.41) is 3.12. The molecule has 5 heteroatoms. The van der Waals surface area contributed by atoms with Crippen LogP contribution in [-0.4, -0.2) is 32.3 Å². The molecule has 136 valence electrons. The van der Waals surface area contributed by atoms with E-state index in [4.69, 9.17) is 14.2 Å². The van der Waals surface area contributed by atoms with Crippen molar-refractivity contribution in [3.63, 3.8) is 0 Å². The molecule has 4 atom stereocenters. The van der Waals surface area contributed by atoms with Crippen LogP contribution in [0.25, 0.3) is 0 Å². The highest BCUT2D eigenvalue weighted by atomic mass is 16.5. The maximum atomic E-state index is 12.8. The van der Waals surface area contributed by atoms with Gasteiger partial charge in [-0.3, -0.25) is 4.79 Å². The maximum absolute atomic E-state index is 12.8. The van der Waals surface area contributed by atoms with Gasteiger partial charge in [0.15, 0.2) is 0 Å². The van der Waals surface area contributed by atoms with Crippen molar-refractivity contribution >= 4 is 5.91 Å². The van der Waals surface area contributed by atoms with E-state index < -0.39 is 0 Å². The van der Waals surface area contributed by atoms with Gasteiger partial charge in [0, 0.05) is 18.6 Å². The molecule has 1 saturated carbocycles. The van der Waals surface area contributed by atoms with E-state index in [-0.39, 0.29) is 29.9 Å². The van der Waals surface area contributed by atoms with Crippen LogP contribution in [0.2, 0.25) is 0 Å². The van der Waals surface area contributed by atoms with Crippen LogP contribution < -0.4 is 14.8 Å². The molecule has 1 fully saturated rings. The molecular weight excluding hydrogens is 330 g/mol. The molecule has 1 N–H and O–H groups in total. The summed E-state index contributed by atoms with van der Waals surface area (Å²) in [4.78, 5) is 12.8. The van der Waals surface area contributed by atoms with E-state index >= 15 is 0 Å². The number of nitrogens with one attached hydrogen (secondary N) is 1. The second kappa shape index (κ2) is 7.00. The van der Waals surface area contributed by atoms with Gasteiger partial charge in [0.05, 0.1) is 25.2 Å². The first-order valence-corrected chi connectivity index (χ1v) is 9.00. The lowest BCUT2D eigenvalue weighted by atomic mass is 10.1. The van der Waals surface area contributed by atoms with Gasteiger partial charge in [0.2, 0.25) is 5.91 Å². The Hall–Kier alpha value is -2.53. The number of carbonyl (C=O) groups excluding carboxylic acids is 1. The SMILES string of the molecule is CCOc1ccc(C(COC)NC(=O)[C@H]2C3Oc4ccccc4C32)cc1. The number of ether oxygens (including phenoxy) is 3. The minimum Gasteiger partial charge on any atom is -0.494 e. The number of amides is 1. The third-order valence-corrected chi connectivity index (χ3v) is 5.04. The highest BCUT2D eigenvalue weighted by Crippen LogP contribution is 2.58. The Balaban J connectivity index is 1.44. The smallest absolute Gasteiger partial charge is 0.228 e. The fraction of sp³-hybridized carbons (Fsp3) is 0.381. The van der Waals surface area contributed by atoms with Gasteiger partial charge in [0.25, 0.3) is 0 Å². The number of hydrogen-bond donors (Lipinski definition) is 1. The summed E-state index contributed by atoms with van der Waals surface area (Å²) in [6.45, 7) is 3.00. The van der Waals surface area contributed by atoms with Crippen LogP contribution in [0.15, 0.2) is 48.5 Å². The van der Waals surface area contributed by atoms with Gasteiger partial charge < -0.3 is 19.5 Å². The summed E-state index contributed by atoms with van der Waals surface area (Å²) in [6, 6.07) is 15.5. The second-order valence-corrected chi connectivity index (χ2v) is 6.69. The average Bonchev–Trinajstić information content (AvgIpc) is 3.24. The van der Waals surface area contributed by atoms with Crippen molar-refractivity contribution in [3.05, 3.63) is 59.7 Å². The van der Waals surface area contributed by atoms with Crippen LogP contribution in [-0.2, 0) is 9.53 Å². The average molecular weight is 353 g/mol. The molecule has 26 heavy (non-hydrogen) atoms. The van der Waals surface area contributed by atoms with Gasteiger partial charge in [-0.2, -0.15) is 0 Å². The summed E-state index contributed by atoms with van der Waals surface area (Å²) in [7, 11) is 1.64. The van der Waals surface area contributed by atoms with Crippen molar-refractivity contribution in [1.82, 2.24) is 5.32 Å². The zero-order valence-corrected chi connectivity index (χ0v) is 15.0. The van der Waals surface area contributed by atoms with Gasteiger partial charge >= 0.3 is 0 Å². The topological polar surface area (TPSA) is 56.8 Å². The summed E-state index contributed by atoms with van der Waals surface area (Å²) in [5.74, 6) is 1.80. The molecule has 0 aromatic heterocycles. The minimum absolute atomic E-state index is 0.0189. The molecule has 1 amide bonds. The van der Waals surface area contributed by atoms with Crippen LogP contribution in [0.3, 0.4) is 0 Å². The van der Waals surface area contributed by atoms with Gasteiger partial charge in [-0.05, 0) is 30.7 Å². The summed E-state index contributed by atoms with van der Waals surface area (Å²) >= 11 is 0. The molecule has 2 aliphatic rings. The van der Waals surface area contributed by atoms with Gasteiger partial charge in [0.1, 0.15) is 17.6 Å². The quantitative estimate of drug-likeness (QED) is 0.831. The molecule has 2 aromatic carbocycles. The molecule has 0 radical (unpaired) electrons. The predicted molar refractivity (Wildman–Crippen MR) is 97.5 cm³/mol. The van der Waals surface area contributed by atoms with Crippen LogP contribution in [0, 0.1) is 5.92 Å². The molecule has 1 aliphatic carbocycles. The molecule has 0 bridgehead atoms. The molecule has 0 spiro atoms. The first kappa shape index (κ1) is 16.9. The van der Waals surface area contributed by atoms with E-state index in [1.54, 1.807) is 7.11 Å². The monoisotopic (exact) mass is 353 g/mol. The van der Waals surface area contributed by atoms with E-state index in [0.717, 1.165) is 22.6 Å². The number of carbonyl (C=O) groups is 1. The van der Waals surface area contributed by atoms with E-state index in [1.165, 1.54) is 0 Å². The van der Waals surface area contributed by atoms with Crippen molar-refractivity contribution in [1.29, 1.82) is 0 Å². The number of benzene rings is 2. The van der Waals surface area contributed by atoms with Crippen molar-refractivity contribution in [2.24, 2.45) is 5.92 Å². The number of rotatable bonds is 7. The molecule has 1 heterocycles. The first-order valence-electron chi connectivity index (χ1n) is 9.00. The lowest BCUT2D eigenvalue weighted by Crippen LogP contribution is -2.34. The van der Waals surface area contributed by atoms with E-state index in [2.05, 4.69) is 5.32 Å². The molecule has 3 unspecified atom stereocenters. The summed E-state index contributed by atoms with van der Waals surface area (Å²) in [6.07, 6.45) is -0.0316. The third-order valence-electron chi connectivity index (χ3n) is 5.04. The largest absolute Gasteiger partial charge is 0.494 e. The number of hydrogen-bond acceptors (Lipinski definition) is 4. The minimum atomic E-state index is -0.195. The molecule has 2 aromatic rings. The van der Waals surface area contributed by atoms with Gasteiger partial charge in [-0.25, -0.2) is 0 Å². The molecular formula is C21H23NO4.